The molecule has 0 spiro atoms. The van der Waals surface area contributed by atoms with E-state index in [4.69, 9.17) is 0 Å². The van der Waals surface area contributed by atoms with Crippen LogP contribution in [0.3, 0.4) is 0 Å². The third-order valence-electron chi connectivity index (χ3n) is 2.25. The average molecular weight is 238 g/mol. The fourth-order valence-electron chi connectivity index (χ4n) is 0.881. The Bertz CT molecular complexity index is 369. The number of ketones is 1. The van der Waals surface area contributed by atoms with Gasteiger partial charge in [-0.2, -0.15) is 0 Å². The van der Waals surface area contributed by atoms with Gasteiger partial charge in [-0.3, -0.25) is 4.79 Å². The molecule has 0 aliphatic rings. The molecule has 1 N–H and O–H groups in total. The van der Waals surface area contributed by atoms with Crippen molar-refractivity contribution in [3.8, 4) is 11.8 Å². The van der Waals surface area contributed by atoms with Crippen LogP contribution in [0.4, 0.5) is 0 Å². The lowest BCUT2D eigenvalue weighted by Gasteiger charge is -2.22. The Labute approximate surface area is 102 Å². The molecule has 0 aliphatic heterocycles. The van der Waals surface area contributed by atoms with Gasteiger partial charge in [-0.1, -0.05) is 32.8 Å². The van der Waals surface area contributed by atoms with E-state index < -0.39 is 17.5 Å². The third-order valence-corrected chi connectivity index (χ3v) is 2.25. The highest BCUT2D eigenvalue weighted by molar-refractivity contribution is 5.89. The second kappa shape index (κ2) is 6.87. The van der Waals surface area contributed by atoms with Gasteiger partial charge < -0.3 is 9.84 Å². The quantitative estimate of drug-likeness (QED) is 0.344. The number of aliphatic hydroxyl groups excluding tert-OH is 1. The Balaban J connectivity index is 4.68. The number of esters is 1. The van der Waals surface area contributed by atoms with E-state index in [0.717, 1.165) is 0 Å². The van der Waals surface area contributed by atoms with Crippen molar-refractivity contribution in [2.45, 2.75) is 33.3 Å². The van der Waals surface area contributed by atoms with Crippen LogP contribution in [0.2, 0.25) is 0 Å². The first-order valence-corrected chi connectivity index (χ1v) is 5.33. The Kier molecular flexibility index (Phi) is 6.22. The zero-order valence-corrected chi connectivity index (χ0v) is 10.6. The second-order valence-electron chi connectivity index (χ2n) is 4.14. The van der Waals surface area contributed by atoms with E-state index in [9.17, 15) is 14.7 Å². The van der Waals surface area contributed by atoms with Crippen molar-refractivity contribution in [3.05, 3.63) is 12.2 Å². The van der Waals surface area contributed by atoms with Crippen LogP contribution in [0.1, 0.15) is 27.2 Å². The normalized spacial score (nSPS) is 12.8. The summed E-state index contributed by atoms with van der Waals surface area (Å²) in [5, 5.41) is 9.76. The van der Waals surface area contributed by atoms with Crippen molar-refractivity contribution in [2.75, 3.05) is 7.11 Å². The zero-order valence-electron chi connectivity index (χ0n) is 10.6. The van der Waals surface area contributed by atoms with E-state index in [1.165, 1.54) is 13.2 Å². The number of carbonyl (C=O) groups is 2. The minimum atomic E-state index is -1.04. The number of hydrogen-bond donors (Lipinski definition) is 1. The molecule has 1 atom stereocenters. The van der Waals surface area contributed by atoms with Crippen molar-refractivity contribution in [2.24, 2.45) is 5.41 Å². The highest BCUT2D eigenvalue weighted by Gasteiger charge is 2.23. The topological polar surface area (TPSA) is 63.6 Å². The van der Waals surface area contributed by atoms with Gasteiger partial charge in [0.25, 0.3) is 0 Å². The summed E-state index contributed by atoms with van der Waals surface area (Å²) in [5.74, 6) is 3.82. The molecular formula is C13H18O4. The first-order valence-electron chi connectivity index (χ1n) is 5.33. The minimum absolute atomic E-state index is 0.0220. The lowest BCUT2D eigenvalue weighted by atomic mass is 9.86. The minimum Gasteiger partial charge on any atom is -0.459 e. The van der Waals surface area contributed by atoms with Gasteiger partial charge in [0, 0.05) is 17.8 Å². The lowest BCUT2D eigenvalue weighted by Crippen LogP contribution is -2.26. The van der Waals surface area contributed by atoms with Gasteiger partial charge in [0.05, 0.1) is 7.11 Å². The van der Waals surface area contributed by atoms with Gasteiger partial charge in [0.15, 0.2) is 5.78 Å². The predicted octanol–water partition coefficient (Wildman–Crippen LogP) is 1.09. The predicted molar refractivity (Wildman–Crippen MR) is 64.0 cm³/mol. The Morgan fingerprint density at radius 2 is 2.06 bits per heavy atom. The molecular weight excluding hydrogens is 220 g/mol. The fourth-order valence-corrected chi connectivity index (χ4v) is 0.881. The molecule has 0 rings (SSSR count). The molecule has 0 aromatic heterocycles. The molecule has 0 fully saturated rings. The van der Waals surface area contributed by atoms with Crippen LogP contribution in [0.15, 0.2) is 12.2 Å². The van der Waals surface area contributed by atoms with Gasteiger partial charge >= 0.3 is 5.97 Å². The second-order valence-corrected chi connectivity index (χ2v) is 4.14. The molecule has 0 saturated heterocycles. The number of methoxy groups -OCH3 is 1. The number of carbonyl (C=O) groups excluding carboxylic acids is 2. The Hall–Kier alpha value is -1.60. The molecule has 0 saturated carbocycles. The maximum Gasteiger partial charge on any atom is 0.384 e. The SMILES string of the molecule is CCC(=O)/C=C/C(C)(C)[C@@H](O)C#CC(=O)OC. The molecule has 4 heteroatoms. The van der Waals surface area contributed by atoms with Crippen LogP contribution in [0.25, 0.3) is 0 Å². The average Bonchev–Trinajstić information content (AvgIpc) is 2.32. The summed E-state index contributed by atoms with van der Waals surface area (Å²) < 4.78 is 4.33. The summed E-state index contributed by atoms with van der Waals surface area (Å²) in [6, 6.07) is 0. The van der Waals surface area contributed by atoms with E-state index in [2.05, 4.69) is 16.6 Å². The van der Waals surface area contributed by atoms with E-state index in [0.29, 0.717) is 6.42 Å². The number of rotatable bonds is 4. The number of aliphatic hydroxyl groups is 1. The van der Waals surface area contributed by atoms with Crippen molar-refractivity contribution >= 4 is 11.8 Å². The number of ether oxygens (including phenoxy) is 1. The molecule has 17 heavy (non-hydrogen) atoms. The highest BCUT2D eigenvalue weighted by atomic mass is 16.5. The Morgan fingerprint density at radius 1 is 1.47 bits per heavy atom. The van der Waals surface area contributed by atoms with Crippen LogP contribution in [0.5, 0.6) is 0 Å². The van der Waals surface area contributed by atoms with Crippen molar-refractivity contribution in [1.29, 1.82) is 0 Å². The third kappa shape index (κ3) is 5.88. The monoisotopic (exact) mass is 238 g/mol. The highest BCUT2D eigenvalue weighted by Crippen LogP contribution is 2.22. The number of allylic oxidation sites excluding steroid dienone is 1. The molecule has 0 heterocycles. The molecule has 0 aromatic carbocycles. The summed E-state index contributed by atoms with van der Waals surface area (Å²) in [7, 11) is 1.22. The van der Waals surface area contributed by atoms with Crippen LogP contribution in [-0.2, 0) is 14.3 Å². The first-order chi connectivity index (χ1) is 7.83. The molecule has 4 nitrogen and oxygen atoms in total. The molecule has 94 valence electrons. The van der Waals surface area contributed by atoms with Crippen molar-refractivity contribution < 1.29 is 19.4 Å². The van der Waals surface area contributed by atoms with Gasteiger partial charge in [-0.05, 0) is 6.08 Å². The van der Waals surface area contributed by atoms with Crippen LogP contribution in [-0.4, -0.2) is 30.1 Å². The summed E-state index contributed by atoms with van der Waals surface area (Å²) in [5.41, 5.74) is -0.703. The summed E-state index contributed by atoms with van der Waals surface area (Å²) >= 11 is 0. The van der Waals surface area contributed by atoms with Gasteiger partial charge in [0.2, 0.25) is 0 Å². The molecule has 0 unspecified atom stereocenters. The molecule has 0 amide bonds. The number of hydrogen-bond acceptors (Lipinski definition) is 4. The summed E-state index contributed by atoms with van der Waals surface area (Å²) in [4.78, 5) is 21.9. The zero-order chi connectivity index (χ0) is 13.5. The van der Waals surface area contributed by atoms with Crippen LogP contribution in [0, 0.1) is 17.3 Å². The molecule has 0 aliphatic carbocycles. The molecule has 0 bridgehead atoms. The maximum absolute atomic E-state index is 11.1. The lowest BCUT2D eigenvalue weighted by molar-refractivity contribution is -0.133. The molecule has 0 radical (unpaired) electrons. The van der Waals surface area contributed by atoms with Crippen molar-refractivity contribution in [3.63, 3.8) is 0 Å². The summed E-state index contributed by atoms with van der Waals surface area (Å²) in [6.45, 7) is 5.21. The first kappa shape index (κ1) is 15.4. The smallest absolute Gasteiger partial charge is 0.384 e. The Morgan fingerprint density at radius 3 is 2.53 bits per heavy atom. The summed E-state index contributed by atoms with van der Waals surface area (Å²) in [6.07, 6.45) is 2.39. The fraction of sp³-hybridized carbons (Fsp3) is 0.538. The van der Waals surface area contributed by atoms with E-state index in [-0.39, 0.29) is 5.78 Å². The molecule has 0 aromatic rings. The standard InChI is InChI=1S/C13H18O4/c1-5-10(14)8-9-13(2,3)11(15)6-7-12(16)17-4/h8-9,11,15H,5H2,1-4H3/b9-8+/t11-/m0/s1. The maximum atomic E-state index is 11.1. The van der Waals surface area contributed by atoms with Gasteiger partial charge in [-0.15, -0.1) is 0 Å². The van der Waals surface area contributed by atoms with E-state index in [1.807, 2.05) is 0 Å². The van der Waals surface area contributed by atoms with Crippen LogP contribution >= 0.6 is 0 Å². The van der Waals surface area contributed by atoms with Crippen LogP contribution < -0.4 is 0 Å². The van der Waals surface area contributed by atoms with E-state index in [1.54, 1.807) is 26.8 Å². The van der Waals surface area contributed by atoms with Crippen molar-refractivity contribution in [1.82, 2.24) is 0 Å². The largest absolute Gasteiger partial charge is 0.459 e. The van der Waals surface area contributed by atoms with E-state index >= 15 is 0 Å². The van der Waals surface area contributed by atoms with Gasteiger partial charge in [0.1, 0.15) is 6.10 Å². The van der Waals surface area contributed by atoms with Gasteiger partial charge in [-0.25, -0.2) is 4.79 Å².